The van der Waals surface area contributed by atoms with Crippen LogP contribution in [0, 0.1) is 12.3 Å². The highest BCUT2D eigenvalue weighted by Crippen LogP contribution is 2.27. The van der Waals surface area contributed by atoms with Gasteiger partial charge in [0.05, 0.1) is 0 Å². The second-order valence-electron chi connectivity index (χ2n) is 7.42. The molecule has 0 unspecified atom stereocenters. The summed E-state index contributed by atoms with van der Waals surface area (Å²) in [6.07, 6.45) is 2.76. The minimum absolute atomic E-state index is 0. The third-order valence-corrected chi connectivity index (χ3v) is 5.07. The molecule has 1 amide bonds. The van der Waals surface area contributed by atoms with Crippen molar-refractivity contribution in [1.29, 1.82) is 5.41 Å². The van der Waals surface area contributed by atoms with Crippen LogP contribution in [0.15, 0.2) is 54.7 Å². The molecule has 4 aromatic rings. The number of carbonyl (C=O) groups excluding carboxylic acids is 1. The van der Waals surface area contributed by atoms with E-state index in [0.717, 1.165) is 23.1 Å². The number of aromatic nitrogens is 3. The summed E-state index contributed by atoms with van der Waals surface area (Å²) in [5, 5.41) is 14.0. The molecule has 2 heterocycles. The van der Waals surface area contributed by atoms with E-state index in [1.165, 1.54) is 10.9 Å². The van der Waals surface area contributed by atoms with Crippen LogP contribution in [0.3, 0.4) is 0 Å². The number of hydrogen-bond donors (Lipinski definition) is 6. The Labute approximate surface area is 196 Å². The highest BCUT2D eigenvalue weighted by Gasteiger charge is 2.19. The lowest BCUT2D eigenvalue weighted by molar-refractivity contribution is 0.0972. The molecule has 0 spiro atoms. The number of carbonyl (C=O) groups is 1. The Hall–Kier alpha value is -4.11. The summed E-state index contributed by atoms with van der Waals surface area (Å²) in [6, 6.07) is 15.9. The van der Waals surface area contributed by atoms with Gasteiger partial charge in [0.2, 0.25) is 0 Å². The van der Waals surface area contributed by atoms with Crippen molar-refractivity contribution in [3.63, 3.8) is 0 Å². The van der Waals surface area contributed by atoms with Gasteiger partial charge in [0.1, 0.15) is 5.69 Å². The van der Waals surface area contributed by atoms with E-state index in [1.54, 1.807) is 0 Å². The fourth-order valence-corrected chi connectivity index (χ4v) is 3.49. The van der Waals surface area contributed by atoms with Crippen molar-refractivity contribution in [3.8, 4) is 11.3 Å². The molecule has 2 aromatic carbocycles. The van der Waals surface area contributed by atoms with E-state index in [2.05, 4.69) is 31.7 Å². The molecule has 2 aromatic heterocycles. The van der Waals surface area contributed by atoms with Crippen molar-refractivity contribution >= 4 is 46.8 Å². The van der Waals surface area contributed by atoms with E-state index in [-0.39, 0.29) is 23.9 Å². The third kappa shape index (κ3) is 5.21. The largest absolute Gasteiger partial charge is 0.382 e. The van der Waals surface area contributed by atoms with Gasteiger partial charge in [-0.1, -0.05) is 48.0 Å². The molecule has 9 nitrogen and oxygen atoms in total. The van der Waals surface area contributed by atoms with E-state index in [9.17, 15) is 4.79 Å². The van der Waals surface area contributed by atoms with Crippen molar-refractivity contribution in [3.05, 3.63) is 71.5 Å². The zero-order chi connectivity index (χ0) is 22.7. The zero-order valence-corrected chi connectivity index (χ0v) is 18.8. The van der Waals surface area contributed by atoms with Crippen LogP contribution in [0.1, 0.15) is 21.6 Å². The van der Waals surface area contributed by atoms with Crippen molar-refractivity contribution in [2.24, 2.45) is 5.73 Å². The molecule has 0 aliphatic rings. The van der Waals surface area contributed by atoms with Gasteiger partial charge in [0.15, 0.2) is 23.3 Å². The fraction of sp³-hybridized carbons (Fsp3) is 0.130. The standard InChI is InChI=1S/C23H24N8O.ClH/c1-13-6-8-14(9-7-13)18-21(30-20(24)19(29-18)22(32)31-23(25)26)27-11-10-15-12-28-17-5-3-2-4-16(15)17;/h2-9,12,28H,10-11H2,1H3,(H3,24,27,30)(H4,25,26,31,32);1H. The number of aryl methyl sites for hydroxylation is 1. The predicted octanol–water partition coefficient (Wildman–Crippen LogP) is 3.22. The summed E-state index contributed by atoms with van der Waals surface area (Å²) in [7, 11) is 0. The van der Waals surface area contributed by atoms with Gasteiger partial charge in [0, 0.05) is 29.2 Å². The van der Waals surface area contributed by atoms with Gasteiger partial charge in [0.25, 0.3) is 5.91 Å². The number of nitrogens with two attached hydrogens (primary N) is 2. The van der Waals surface area contributed by atoms with E-state index in [1.807, 2.05) is 55.6 Å². The molecule has 0 fully saturated rings. The van der Waals surface area contributed by atoms with Crippen molar-refractivity contribution in [1.82, 2.24) is 20.3 Å². The molecule has 4 rings (SSSR count). The molecule has 0 saturated carbocycles. The Kier molecular flexibility index (Phi) is 7.14. The summed E-state index contributed by atoms with van der Waals surface area (Å²) in [4.78, 5) is 24.5. The lowest BCUT2D eigenvalue weighted by Gasteiger charge is -2.14. The Balaban J connectivity index is 0.00000306. The first-order valence-corrected chi connectivity index (χ1v) is 10.1. The lowest BCUT2D eigenvalue weighted by Crippen LogP contribution is -2.36. The molecule has 0 aliphatic heterocycles. The average molecular weight is 465 g/mol. The van der Waals surface area contributed by atoms with Crippen molar-refractivity contribution in [2.45, 2.75) is 13.3 Å². The summed E-state index contributed by atoms with van der Waals surface area (Å²) in [6.45, 7) is 2.58. The maximum Gasteiger partial charge on any atom is 0.280 e. The zero-order valence-electron chi connectivity index (χ0n) is 18.0. The van der Waals surface area contributed by atoms with Gasteiger partial charge in [-0.2, -0.15) is 0 Å². The number of para-hydroxylation sites is 1. The minimum Gasteiger partial charge on any atom is -0.382 e. The number of hydrogen-bond acceptors (Lipinski definition) is 6. The number of anilines is 2. The first kappa shape index (κ1) is 23.6. The monoisotopic (exact) mass is 464 g/mol. The highest BCUT2D eigenvalue weighted by molar-refractivity contribution is 6.06. The summed E-state index contributed by atoms with van der Waals surface area (Å²) in [5.41, 5.74) is 15.9. The number of guanidine groups is 1. The molecular weight excluding hydrogens is 440 g/mol. The van der Waals surface area contributed by atoms with Gasteiger partial charge >= 0.3 is 0 Å². The number of H-pyrrole nitrogens is 1. The first-order chi connectivity index (χ1) is 15.4. The van der Waals surface area contributed by atoms with Crippen LogP contribution in [0.25, 0.3) is 22.2 Å². The van der Waals surface area contributed by atoms with Crippen LogP contribution >= 0.6 is 12.4 Å². The maximum absolute atomic E-state index is 12.4. The smallest absolute Gasteiger partial charge is 0.280 e. The number of rotatable bonds is 6. The van der Waals surface area contributed by atoms with Crippen LogP contribution in [0.2, 0.25) is 0 Å². The lowest BCUT2D eigenvalue weighted by atomic mass is 10.1. The Bertz CT molecular complexity index is 1300. The van der Waals surface area contributed by atoms with Gasteiger partial charge in [-0.15, -0.1) is 12.4 Å². The van der Waals surface area contributed by atoms with Gasteiger partial charge < -0.3 is 21.8 Å². The summed E-state index contributed by atoms with van der Waals surface area (Å²) in [5.74, 6) is -0.741. The van der Waals surface area contributed by atoms with Crippen molar-refractivity contribution in [2.75, 3.05) is 17.6 Å². The quantitative estimate of drug-likeness (QED) is 0.190. The van der Waals surface area contributed by atoms with Gasteiger partial charge in [-0.3, -0.25) is 15.5 Å². The van der Waals surface area contributed by atoms with E-state index < -0.39 is 11.9 Å². The number of nitrogen functional groups attached to an aromatic ring is 1. The van der Waals surface area contributed by atoms with Crippen LogP contribution in [0.4, 0.5) is 11.6 Å². The number of amides is 1. The molecule has 0 bridgehead atoms. The number of halogens is 1. The van der Waals surface area contributed by atoms with Gasteiger partial charge in [-0.25, -0.2) is 9.97 Å². The van der Waals surface area contributed by atoms with Crippen LogP contribution in [-0.2, 0) is 6.42 Å². The number of nitrogens with one attached hydrogen (secondary N) is 4. The SMILES string of the molecule is Cc1ccc(-c2nc(C(=O)NC(=N)N)c(N)nc2NCCc2c[nH]c3ccccc23)cc1.Cl. The molecule has 0 atom stereocenters. The maximum atomic E-state index is 12.4. The highest BCUT2D eigenvalue weighted by atomic mass is 35.5. The molecule has 0 saturated heterocycles. The number of nitrogens with zero attached hydrogens (tertiary/aromatic N) is 2. The molecular formula is C23H25ClN8O. The van der Waals surface area contributed by atoms with Crippen molar-refractivity contribution < 1.29 is 4.79 Å². The summed E-state index contributed by atoms with van der Waals surface area (Å²) >= 11 is 0. The topological polar surface area (TPSA) is 159 Å². The minimum atomic E-state index is -0.679. The fourth-order valence-electron chi connectivity index (χ4n) is 3.49. The van der Waals surface area contributed by atoms with Crippen LogP contribution < -0.4 is 22.1 Å². The van der Waals surface area contributed by atoms with E-state index in [4.69, 9.17) is 16.9 Å². The molecule has 8 N–H and O–H groups in total. The molecule has 0 aliphatic carbocycles. The van der Waals surface area contributed by atoms with Crippen LogP contribution in [-0.4, -0.2) is 33.4 Å². The molecule has 33 heavy (non-hydrogen) atoms. The van der Waals surface area contributed by atoms with Crippen LogP contribution in [0.5, 0.6) is 0 Å². The number of benzene rings is 2. The first-order valence-electron chi connectivity index (χ1n) is 10.1. The normalized spacial score (nSPS) is 10.5. The Morgan fingerprint density at radius 3 is 2.58 bits per heavy atom. The Morgan fingerprint density at radius 1 is 1.12 bits per heavy atom. The average Bonchev–Trinajstić information content (AvgIpc) is 3.17. The second-order valence-corrected chi connectivity index (χ2v) is 7.42. The molecule has 170 valence electrons. The van der Waals surface area contributed by atoms with E-state index in [0.29, 0.717) is 18.1 Å². The summed E-state index contributed by atoms with van der Waals surface area (Å²) < 4.78 is 0. The van der Waals surface area contributed by atoms with Gasteiger partial charge in [-0.05, 0) is 25.0 Å². The third-order valence-electron chi connectivity index (χ3n) is 5.07. The van der Waals surface area contributed by atoms with E-state index >= 15 is 0 Å². The number of fused-ring (bicyclic) bond motifs is 1. The number of aromatic amines is 1. The molecule has 0 radical (unpaired) electrons. The Morgan fingerprint density at radius 2 is 1.85 bits per heavy atom. The second kappa shape index (κ2) is 10.0. The predicted molar refractivity (Wildman–Crippen MR) is 134 cm³/mol. The molecule has 10 heteroatoms.